The number of aliphatic hydroxyl groups excluding tert-OH is 1. The summed E-state index contributed by atoms with van der Waals surface area (Å²) in [5.41, 5.74) is 3.60. The number of hydrogen-bond donors (Lipinski definition) is 1. The smallest absolute Gasteiger partial charge is 0.336 e. The molecule has 0 spiro atoms. The zero-order valence-corrected chi connectivity index (χ0v) is 13.3. The first-order valence-corrected chi connectivity index (χ1v) is 7.94. The van der Waals surface area contributed by atoms with Crippen molar-refractivity contribution in [1.29, 1.82) is 0 Å². The lowest BCUT2D eigenvalue weighted by Gasteiger charge is -2.31. The van der Waals surface area contributed by atoms with Crippen molar-refractivity contribution in [2.75, 3.05) is 19.7 Å². The summed E-state index contributed by atoms with van der Waals surface area (Å²) >= 11 is 0. The molecule has 1 atom stereocenters. The zero-order chi connectivity index (χ0) is 15.7. The van der Waals surface area contributed by atoms with E-state index in [1.807, 2.05) is 19.9 Å². The van der Waals surface area contributed by atoms with Crippen LogP contribution in [0, 0.1) is 19.8 Å². The molecule has 2 heterocycles. The second kappa shape index (κ2) is 6.23. The molecule has 0 amide bonds. The third kappa shape index (κ3) is 2.94. The molecular weight excluding hydrogens is 278 g/mol. The van der Waals surface area contributed by atoms with Crippen LogP contribution in [0.15, 0.2) is 27.4 Å². The molecule has 0 radical (unpaired) electrons. The normalized spacial score (nSPS) is 19.7. The van der Waals surface area contributed by atoms with E-state index in [2.05, 4.69) is 11.0 Å². The summed E-state index contributed by atoms with van der Waals surface area (Å²) in [5, 5.41) is 10.4. The Morgan fingerprint density at radius 3 is 2.95 bits per heavy atom. The Morgan fingerprint density at radius 2 is 2.18 bits per heavy atom. The molecule has 1 aromatic carbocycles. The van der Waals surface area contributed by atoms with E-state index >= 15 is 0 Å². The average Bonchev–Trinajstić information content (AvgIpc) is 2.51. The Hall–Kier alpha value is -1.65. The minimum absolute atomic E-state index is 0.243. The lowest BCUT2D eigenvalue weighted by Crippen LogP contribution is -2.36. The van der Waals surface area contributed by atoms with E-state index in [1.165, 1.54) is 0 Å². The number of piperidine rings is 1. The summed E-state index contributed by atoms with van der Waals surface area (Å²) in [5.74, 6) is 0.351. The molecular formula is C18H23NO3. The quantitative estimate of drug-likeness (QED) is 0.886. The van der Waals surface area contributed by atoms with Crippen LogP contribution in [-0.2, 0) is 6.54 Å². The fourth-order valence-electron chi connectivity index (χ4n) is 3.34. The first kappa shape index (κ1) is 15.3. The van der Waals surface area contributed by atoms with E-state index in [0.717, 1.165) is 54.6 Å². The third-order valence-electron chi connectivity index (χ3n) is 4.77. The SMILES string of the molecule is Cc1ccc2c(CN3CCCC(CO)C3)cc(=O)oc2c1C. The second-order valence-electron chi connectivity index (χ2n) is 6.40. The molecule has 1 unspecified atom stereocenters. The highest BCUT2D eigenvalue weighted by molar-refractivity contribution is 5.83. The van der Waals surface area contributed by atoms with Gasteiger partial charge < -0.3 is 9.52 Å². The summed E-state index contributed by atoms with van der Waals surface area (Å²) in [4.78, 5) is 14.2. The van der Waals surface area contributed by atoms with Crippen LogP contribution in [0.4, 0.5) is 0 Å². The summed E-state index contributed by atoms with van der Waals surface area (Å²) in [6.45, 7) is 6.91. The number of nitrogens with zero attached hydrogens (tertiary/aromatic N) is 1. The van der Waals surface area contributed by atoms with E-state index in [1.54, 1.807) is 6.07 Å². The van der Waals surface area contributed by atoms with Gasteiger partial charge in [-0.15, -0.1) is 0 Å². The van der Waals surface area contributed by atoms with Crippen molar-refractivity contribution in [3.8, 4) is 0 Å². The van der Waals surface area contributed by atoms with Gasteiger partial charge in [-0.3, -0.25) is 4.90 Å². The molecule has 118 valence electrons. The van der Waals surface area contributed by atoms with Gasteiger partial charge in [0.05, 0.1) is 0 Å². The van der Waals surface area contributed by atoms with Gasteiger partial charge in [-0.2, -0.15) is 0 Å². The van der Waals surface area contributed by atoms with Gasteiger partial charge in [0.1, 0.15) is 5.58 Å². The van der Waals surface area contributed by atoms with Crippen molar-refractivity contribution in [2.45, 2.75) is 33.2 Å². The van der Waals surface area contributed by atoms with E-state index in [9.17, 15) is 9.90 Å². The lowest BCUT2D eigenvalue weighted by atomic mass is 9.97. The average molecular weight is 301 g/mol. The largest absolute Gasteiger partial charge is 0.422 e. The summed E-state index contributed by atoms with van der Waals surface area (Å²) in [7, 11) is 0. The third-order valence-corrected chi connectivity index (χ3v) is 4.77. The van der Waals surface area contributed by atoms with Crippen LogP contribution in [0.1, 0.15) is 29.5 Å². The molecule has 1 N–H and O–H groups in total. The molecule has 4 nitrogen and oxygen atoms in total. The highest BCUT2D eigenvalue weighted by atomic mass is 16.4. The maximum absolute atomic E-state index is 11.9. The second-order valence-corrected chi connectivity index (χ2v) is 6.40. The molecule has 1 saturated heterocycles. The Balaban J connectivity index is 1.97. The first-order valence-electron chi connectivity index (χ1n) is 7.94. The van der Waals surface area contributed by atoms with Gasteiger partial charge >= 0.3 is 5.63 Å². The lowest BCUT2D eigenvalue weighted by molar-refractivity contribution is 0.116. The number of fused-ring (bicyclic) bond motifs is 1. The molecule has 22 heavy (non-hydrogen) atoms. The predicted molar refractivity (Wildman–Crippen MR) is 87.0 cm³/mol. The standard InChI is InChI=1S/C18H23NO3/c1-12-5-6-16-15(8-17(21)22-18(16)13(12)2)10-19-7-3-4-14(9-19)11-20/h5-6,8,14,20H,3-4,7,9-11H2,1-2H3. The van der Waals surface area contributed by atoms with E-state index in [-0.39, 0.29) is 12.2 Å². The molecule has 2 aromatic rings. The van der Waals surface area contributed by atoms with E-state index in [4.69, 9.17) is 4.42 Å². The van der Waals surface area contributed by atoms with Crippen molar-refractivity contribution >= 4 is 11.0 Å². The van der Waals surface area contributed by atoms with Gasteiger partial charge in [-0.25, -0.2) is 4.79 Å². The van der Waals surface area contributed by atoms with Gasteiger partial charge in [0.2, 0.25) is 0 Å². The Labute approximate surface area is 130 Å². The van der Waals surface area contributed by atoms with Crippen LogP contribution in [0.3, 0.4) is 0 Å². The Bertz CT molecular complexity index is 735. The number of hydrogen-bond acceptors (Lipinski definition) is 4. The highest BCUT2D eigenvalue weighted by Gasteiger charge is 2.20. The van der Waals surface area contributed by atoms with Crippen LogP contribution in [0.5, 0.6) is 0 Å². The minimum atomic E-state index is -0.285. The van der Waals surface area contributed by atoms with Crippen molar-refractivity contribution in [3.63, 3.8) is 0 Å². The predicted octanol–water partition coefficient (Wildman–Crippen LogP) is 2.61. The molecule has 4 heteroatoms. The fourth-order valence-corrected chi connectivity index (χ4v) is 3.34. The number of likely N-dealkylation sites (tertiary alicyclic amines) is 1. The molecule has 0 saturated carbocycles. The van der Waals surface area contributed by atoms with Gasteiger partial charge in [-0.05, 0) is 55.8 Å². The summed E-state index contributed by atoms with van der Waals surface area (Å²) in [6, 6.07) is 5.73. The molecule has 3 rings (SSSR count). The number of aliphatic hydroxyl groups is 1. The van der Waals surface area contributed by atoms with Gasteiger partial charge in [0, 0.05) is 31.1 Å². The minimum Gasteiger partial charge on any atom is -0.422 e. The highest BCUT2D eigenvalue weighted by Crippen LogP contribution is 2.25. The van der Waals surface area contributed by atoms with Crippen LogP contribution in [0.2, 0.25) is 0 Å². The van der Waals surface area contributed by atoms with Crippen LogP contribution >= 0.6 is 0 Å². The van der Waals surface area contributed by atoms with Crippen LogP contribution in [0.25, 0.3) is 11.0 Å². The molecule has 0 bridgehead atoms. The van der Waals surface area contributed by atoms with Crippen molar-refractivity contribution < 1.29 is 9.52 Å². The number of rotatable bonds is 3. The topological polar surface area (TPSA) is 53.7 Å². The molecule has 1 aromatic heterocycles. The van der Waals surface area contributed by atoms with E-state index in [0.29, 0.717) is 11.5 Å². The van der Waals surface area contributed by atoms with Crippen molar-refractivity contribution in [2.24, 2.45) is 5.92 Å². The maximum Gasteiger partial charge on any atom is 0.336 e. The van der Waals surface area contributed by atoms with E-state index < -0.39 is 0 Å². The first-order chi connectivity index (χ1) is 10.6. The monoisotopic (exact) mass is 301 g/mol. The van der Waals surface area contributed by atoms with Crippen LogP contribution < -0.4 is 5.63 Å². The molecule has 1 aliphatic heterocycles. The molecule has 1 fully saturated rings. The Morgan fingerprint density at radius 1 is 1.36 bits per heavy atom. The Kier molecular flexibility index (Phi) is 4.32. The van der Waals surface area contributed by atoms with Crippen molar-refractivity contribution in [1.82, 2.24) is 4.90 Å². The molecule has 1 aliphatic rings. The fraction of sp³-hybridized carbons (Fsp3) is 0.500. The van der Waals surface area contributed by atoms with Gasteiger partial charge in [-0.1, -0.05) is 12.1 Å². The van der Waals surface area contributed by atoms with Crippen molar-refractivity contribution in [3.05, 3.63) is 45.3 Å². The van der Waals surface area contributed by atoms with Crippen LogP contribution in [-0.4, -0.2) is 29.7 Å². The van der Waals surface area contributed by atoms with Gasteiger partial charge in [0.15, 0.2) is 0 Å². The van der Waals surface area contributed by atoms with Gasteiger partial charge in [0.25, 0.3) is 0 Å². The number of aryl methyl sites for hydroxylation is 2. The number of benzene rings is 1. The summed E-state index contributed by atoms with van der Waals surface area (Å²) in [6.07, 6.45) is 2.19. The molecule has 0 aliphatic carbocycles. The summed E-state index contributed by atoms with van der Waals surface area (Å²) < 4.78 is 5.43. The zero-order valence-electron chi connectivity index (χ0n) is 13.3. The maximum atomic E-state index is 11.9.